The number of Topliss-reactive ketones (excluding diaryl/α,β-unsaturated/α-hetero) is 1. The zero-order chi connectivity index (χ0) is 12.3. The Morgan fingerprint density at radius 3 is 2.56 bits per heavy atom. The number of nitrogens with zero attached hydrogens (tertiary/aromatic N) is 2. The Hall–Kier alpha value is -1.85. The van der Waals surface area contributed by atoms with Crippen molar-refractivity contribution in [2.75, 3.05) is 19.8 Å². The number of carbonyl (C=O) groups excluding carboxylic acids is 2. The van der Waals surface area contributed by atoms with Crippen molar-refractivity contribution in [1.82, 2.24) is 9.88 Å². The van der Waals surface area contributed by atoms with Crippen molar-refractivity contribution in [2.45, 2.75) is 6.82 Å². The average Bonchev–Trinajstić information content (AvgIpc) is 2.27. The number of rotatable bonds is 3. The van der Waals surface area contributed by atoms with Crippen LogP contribution < -0.4 is 11.2 Å². The second kappa shape index (κ2) is 4.78. The van der Waals surface area contributed by atoms with E-state index < -0.39 is 11.7 Å². The molecule has 0 unspecified atom stereocenters. The molecule has 2 N–H and O–H groups in total. The van der Waals surface area contributed by atoms with E-state index in [-0.39, 0.29) is 11.4 Å². The van der Waals surface area contributed by atoms with Gasteiger partial charge in [-0.05, 0) is 0 Å². The second-order valence-electron chi connectivity index (χ2n) is 3.52. The third-order valence-electron chi connectivity index (χ3n) is 2.12. The summed E-state index contributed by atoms with van der Waals surface area (Å²) in [6.07, 6.45) is 1.55. The number of nitrogens with two attached hydrogens (primary N) is 1. The van der Waals surface area contributed by atoms with Crippen molar-refractivity contribution < 1.29 is 9.59 Å². The van der Waals surface area contributed by atoms with Crippen molar-refractivity contribution in [3.63, 3.8) is 0 Å². The number of aromatic nitrogens is 1. The van der Waals surface area contributed by atoms with Gasteiger partial charge in [0.1, 0.15) is 13.1 Å². The molecular weight excluding hydrogens is 205 g/mol. The summed E-state index contributed by atoms with van der Waals surface area (Å²) < 4.78 is 0. The number of ketones is 1. The number of likely N-dealkylation sites (N-methyl/N-ethyl adjacent to an activating group) is 1. The summed E-state index contributed by atoms with van der Waals surface area (Å²) >= 11 is 0. The highest BCUT2D eigenvalue weighted by Gasteiger charge is 2.21. The lowest BCUT2D eigenvalue weighted by atomic mass is 9.74. The van der Waals surface area contributed by atoms with Crippen molar-refractivity contribution in [2.24, 2.45) is 0 Å². The minimum atomic E-state index is -0.640. The fraction of sp³-hybridized carbons (Fsp3) is 0.300. The molecule has 6 heteroatoms. The third kappa shape index (κ3) is 2.39. The monoisotopic (exact) mass is 218 g/mol. The minimum absolute atomic E-state index is 0.0748. The number of nitrogen functional groups attached to an aromatic ring is 1. The van der Waals surface area contributed by atoms with E-state index in [1.807, 2.05) is 6.82 Å². The molecule has 16 heavy (non-hydrogen) atoms. The number of hydrogen-bond acceptors (Lipinski definition) is 4. The van der Waals surface area contributed by atoms with E-state index in [4.69, 9.17) is 5.73 Å². The molecule has 0 aliphatic carbocycles. The Morgan fingerprint density at radius 1 is 1.44 bits per heavy atom. The van der Waals surface area contributed by atoms with Gasteiger partial charge >= 0.3 is 0 Å². The number of hydrogen-bond donors (Lipinski definition) is 1. The maximum Gasteiger partial charge on any atom is 0.294 e. The van der Waals surface area contributed by atoms with Crippen molar-refractivity contribution in [1.29, 1.82) is 0 Å². The van der Waals surface area contributed by atoms with Crippen molar-refractivity contribution >= 4 is 30.3 Å². The SMILES string of the molecule is C[B]c1cnc(N)c(C(=O)C(=O)N(C)C)c1. The van der Waals surface area contributed by atoms with Crippen LogP contribution >= 0.6 is 0 Å². The fourth-order valence-corrected chi connectivity index (χ4v) is 1.15. The first kappa shape index (κ1) is 12.2. The lowest BCUT2D eigenvalue weighted by Gasteiger charge is -2.10. The first-order valence-electron chi connectivity index (χ1n) is 4.78. The molecule has 1 amide bonds. The van der Waals surface area contributed by atoms with Crippen LogP contribution in [0.2, 0.25) is 6.82 Å². The Kier molecular flexibility index (Phi) is 3.66. The van der Waals surface area contributed by atoms with Gasteiger partial charge in [-0.25, -0.2) is 4.98 Å². The molecule has 1 rings (SSSR count). The second-order valence-corrected chi connectivity index (χ2v) is 3.52. The van der Waals surface area contributed by atoms with E-state index in [1.165, 1.54) is 19.0 Å². The molecule has 83 valence electrons. The molecule has 0 spiro atoms. The summed E-state index contributed by atoms with van der Waals surface area (Å²) in [4.78, 5) is 28.3. The molecule has 0 atom stereocenters. The molecule has 1 aromatic rings. The zero-order valence-electron chi connectivity index (χ0n) is 9.52. The Labute approximate surface area is 94.9 Å². The van der Waals surface area contributed by atoms with Crippen LogP contribution in [0.4, 0.5) is 5.82 Å². The Bertz CT molecular complexity index is 432. The van der Waals surface area contributed by atoms with E-state index in [1.54, 1.807) is 19.5 Å². The van der Waals surface area contributed by atoms with Gasteiger partial charge < -0.3 is 10.6 Å². The summed E-state index contributed by atoms with van der Waals surface area (Å²) in [6, 6.07) is 1.56. The van der Waals surface area contributed by atoms with E-state index in [0.717, 1.165) is 5.46 Å². The first-order valence-corrected chi connectivity index (χ1v) is 4.78. The van der Waals surface area contributed by atoms with Crippen molar-refractivity contribution in [3.05, 3.63) is 17.8 Å². The zero-order valence-corrected chi connectivity index (χ0v) is 9.52. The van der Waals surface area contributed by atoms with Crippen molar-refractivity contribution in [3.8, 4) is 0 Å². The normalized spacial score (nSPS) is 9.69. The molecule has 0 fully saturated rings. The number of pyridine rings is 1. The average molecular weight is 218 g/mol. The summed E-state index contributed by atoms with van der Waals surface area (Å²) in [7, 11) is 4.81. The molecule has 1 aromatic heterocycles. The topological polar surface area (TPSA) is 76.3 Å². The largest absolute Gasteiger partial charge is 0.383 e. The van der Waals surface area contributed by atoms with Gasteiger partial charge in [0.2, 0.25) is 0 Å². The molecule has 0 saturated heterocycles. The van der Waals surface area contributed by atoms with Crippen LogP contribution in [0.15, 0.2) is 12.3 Å². The maximum absolute atomic E-state index is 11.8. The summed E-state index contributed by atoms with van der Waals surface area (Å²) in [5.41, 5.74) is 6.47. The molecule has 0 saturated carbocycles. The highest BCUT2D eigenvalue weighted by atomic mass is 16.2. The van der Waals surface area contributed by atoms with Gasteiger partial charge in [0.25, 0.3) is 11.7 Å². The van der Waals surface area contributed by atoms with Gasteiger partial charge in [0.05, 0.1) is 5.56 Å². The maximum atomic E-state index is 11.8. The molecular formula is C10H13BN3O2. The van der Waals surface area contributed by atoms with Crippen LogP contribution in [0, 0.1) is 0 Å². The third-order valence-corrected chi connectivity index (χ3v) is 2.12. The minimum Gasteiger partial charge on any atom is -0.383 e. The number of anilines is 1. The van der Waals surface area contributed by atoms with Crippen LogP contribution in [0.5, 0.6) is 0 Å². The van der Waals surface area contributed by atoms with E-state index >= 15 is 0 Å². The Balaban J connectivity index is 3.12. The molecule has 0 bridgehead atoms. The highest BCUT2D eigenvalue weighted by molar-refractivity contribution is 6.52. The van der Waals surface area contributed by atoms with Gasteiger partial charge in [-0.3, -0.25) is 9.59 Å². The van der Waals surface area contributed by atoms with Gasteiger partial charge in [0, 0.05) is 20.3 Å². The quantitative estimate of drug-likeness (QED) is 0.414. The van der Waals surface area contributed by atoms with Crippen LogP contribution in [0.3, 0.4) is 0 Å². The van der Waals surface area contributed by atoms with Gasteiger partial charge in [0.15, 0.2) is 0 Å². The Morgan fingerprint density at radius 2 is 2.06 bits per heavy atom. The van der Waals surface area contributed by atoms with Gasteiger partial charge in [-0.1, -0.05) is 18.4 Å². The van der Waals surface area contributed by atoms with Crippen LogP contribution in [-0.2, 0) is 4.79 Å². The fourth-order valence-electron chi connectivity index (χ4n) is 1.15. The van der Waals surface area contributed by atoms with E-state index in [2.05, 4.69) is 4.98 Å². The van der Waals surface area contributed by atoms with Gasteiger partial charge in [-0.2, -0.15) is 0 Å². The van der Waals surface area contributed by atoms with E-state index in [0.29, 0.717) is 0 Å². The number of amides is 1. The molecule has 1 heterocycles. The standard InChI is InChI=1S/C10H13BN3O2/c1-11-6-4-7(9(12)13-5-6)8(15)10(16)14(2)3/h4-5H,1-3H3,(H2,12,13). The van der Waals surface area contributed by atoms with Crippen LogP contribution in [-0.4, -0.2) is 42.9 Å². The highest BCUT2D eigenvalue weighted by Crippen LogP contribution is 2.07. The predicted octanol–water partition coefficient (Wildman–Crippen LogP) is -0.688. The summed E-state index contributed by atoms with van der Waals surface area (Å²) in [5.74, 6) is -1.17. The lowest BCUT2D eigenvalue weighted by molar-refractivity contribution is -0.124. The molecule has 0 aliphatic heterocycles. The molecule has 0 aliphatic rings. The summed E-state index contributed by atoms with van der Waals surface area (Å²) in [6.45, 7) is 1.81. The summed E-state index contributed by atoms with van der Waals surface area (Å²) in [5, 5.41) is 0. The molecule has 0 aromatic carbocycles. The van der Waals surface area contributed by atoms with E-state index in [9.17, 15) is 9.59 Å². The van der Waals surface area contributed by atoms with Crippen LogP contribution in [0.1, 0.15) is 10.4 Å². The first-order chi connectivity index (χ1) is 7.47. The number of carbonyl (C=O) groups is 2. The smallest absolute Gasteiger partial charge is 0.294 e. The van der Waals surface area contributed by atoms with Crippen LogP contribution in [0.25, 0.3) is 0 Å². The predicted molar refractivity (Wildman–Crippen MR) is 62.9 cm³/mol. The molecule has 5 nitrogen and oxygen atoms in total. The lowest BCUT2D eigenvalue weighted by Crippen LogP contribution is -2.31. The van der Waals surface area contributed by atoms with Gasteiger partial charge in [-0.15, -0.1) is 0 Å². The molecule has 1 radical (unpaired) electrons.